The summed E-state index contributed by atoms with van der Waals surface area (Å²) in [6, 6.07) is 11.0. The van der Waals surface area contributed by atoms with Crippen LogP contribution in [-0.2, 0) is 6.54 Å². The van der Waals surface area contributed by atoms with E-state index in [9.17, 15) is 4.79 Å². The molecule has 0 aliphatic carbocycles. The number of carbonyl (C=O) groups is 1. The molecule has 6 heteroatoms. The van der Waals surface area contributed by atoms with E-state index in [0.717, 1.165) is 19.6 Å². The minimum absolute atomic E-state index is 0.161. The van der Waals surface area contributed by atoms with Crippen LogP contribution in [0.3, 0.4) is 0 Å². The second-order valence-corrected chi connectivity index (χ2v) is 7.40. The van der Waals surface area contributed by atoms with Crippen LogP contribution in [0.2, 0.25) is 15.1 Å². The maximum atomic E-state index is 12.5. The topological polar surface area (TPSA) is 32.3 Å². The van der Waals surface area contributed by atoms with Gasteiger partial charge >= 0.3 is 0 Å². The normalized spacial score (nSPS) is 15.2. The summed E-state index contributed by atoms with van der Waals surface area (Å²) < 4.78 is 0. The number of hydrogen-bond acceptors (Lipinski definition) is 2. The maximum absolute atomic E-state index is 12.5. The summed E-state index contributed by atoms with van der Waals surface area (Å²) in [5.41, 5.74) is 2.12. The van der Waals surface area contributed by atoms with Gasteiger partial charge in [0.05, 0.1) is 20.6 Å². The number of halogens is 3. The molecule has 1 heterocycles. The molecule has 1 saturated heterocycles. The highest BCUT2D eigenvalue weighted by Gasteiger charge is 2.17. The lowest BCUT2D eigenvalue weighted by Gasteiger charge is -2.26. The highest BCUT2D eigenvalue weighted by atomic mass is 35.5. The largest absolute Gasteiger partial charge is 0.322 e. The van der Waals surface area contributed by atoms with E-state index in [4.69, 9.17) is 34.8 Å². The molecule has 0 atom stereocenters. The van der Waals surface area contributed by atoms with Gasteiger partial charge in [0.25, 0.3) is 5.91 Å². The number of hydrogen-bond donors (Lipinski definition) is 1. The van der Waals surface area contributed by atoms with Crippen molar-refractivity contribution in [3.05, 3.63) is 62.6 Å². The second-order valence-electron chi connectivity index (χ2n) is 6.21. The first-order valence-electron chi connectivity index (χ1n) is 8.31. The van der Waals surface area contributed by atoms with Crippen LogP contribution in [0, 0.1) is 0 Å². The molecule has 0 spiro atoms. The van der Waals surface area contributed by atoms with Crippen molar-refractivity contribution < 1.29 is 4.79 Å². The number of nitrogens with one attached hydrogen (secondary N) is 1. The van der Waals surface area contributed by atoms with Gasteiger partial charge in [-0.05, 0) is 55.8 Å². The van der Waals surface area contributed by atoms with Crippen LogP contribution in [0.25, 0.3) is 0 Å². The molecule has 3 nitrogen and oxygen atoms in total. The van der Waals surface area contributed by atoms with Crippen molar-refractivity contribution in [2.45, 2.75) is 25.8 Å². The minimum atomic E-state index is -0.374. The fourth-order valence-corrected chi connectivity index (χ4v) is 3.70. The molecule has 0 bridgehead atoms. The summed E-state index contributed by atoms with van der Waals surface area (Å²) in [4.78, 5) is 14.9. The van der Waals surface area contributed by atoms with E-state index >= 15 is 0 Å². The van der Waals surface area contributed by atoms with E-state index in [1.807, 2.05) is 24.3 Å². The van der Waals surface area contributed by atoms with Crippen molar-refractivity contribution >= 4 is 46.4 Å². The van der Waals surface area contributed by atoms with Crippen LogP contribution >= 0.6 is 34.8 Å². The average molecular weight is 398 g/mol. The highest BCUT2D eigenvalue weighted by Crippen LogP contribution is 2.32. The molecule has 0 saturated carbocycles. The van der Waals surface area contributed by atoms with Gasteiger partial charge in [0, 0.05) is 12.2 Å². The zero-order valence-corrected chi connectivity index (χ0v) is 16.0. The van der Waals surface area contributed by atoms with Crippen molar-refractivity contribution in [1.82, 2.24) is 4.90 Å². The quantitative estimate of drug-likeness (QED) is 0.653. The van der Waals surface area contributed by atoms with Gasteiger partial charge in [0.15, 0.2) is 0 Å². The van der Waals surface area contributed by atoms with Crippen LogP contribution in [0.4, 0.5) is 5.69 Å². The molecule has 2 aromatic carbocycles. The van der Waals surface area contributed by atoms with Crippen molar-refractivity contribution in [2.75, 3.05) is 18.4 Å². The van der Waals surface area contributed by atoms with Gasteiger partial charge in [0.1, 0.15) is 0 Å². The van der Waals surface area contributed by atoms with Gasteiger partial charge in [-0.25, -0.2) is 0 Å². The van der Waals surface area contributed by atoms with Crippen LogP contribution in [0.1, 0.15) is 35.2 Å². The first kappa shape index (κ1) is 18.5. The Bertz CT molecular complexity index is 756. The summed E-state index contributed by atoms with van der Waals surface area (Å²) in [6.45, 7) is 3.26. The smallest absolute Gasteiger partial charge is 0.258 e. The van der Waals surface area contributed by atoms with Crippen molar-refractivity contribution in [2.24, 2.45) is 0 Å². The zero-order valence-electron chi connectivity index (χ0n) is 13.7. The Labute approximate surface area is 162 Å². The fourth-order valence-electron chi connectivity index (χ4n) is 3.00. The van der Waals surface area contributed by atoms with Crippen LogP contribution < -0.4 is 5.32 Å². The molecular weight excluding hydrogens is 379 g/mol. The fraction of sp³-hybridized carbons (Fsp3) is 0.316. The lowest BCUT2D eigenvalue weighted by Crippen LogP contribution is -2.29. The Balaban J connectivity index is 1.67. The zero-order chi connectivity index (χ0) is 17.8. The molecule has 132 valence electrons. The number of amides is 1. The van der Waals surface area contributed by atoms with E-state index in [1.165, 1.54) is 24.8 Å². The first-order valence-corrected chi connectivity index (χ1v) is 9.44. The van der Waals surface area contributed by atoms with Gasteiger partial charge in [-0.1, -0.05) is 53.4 Å². The van der Waals surface area contributed by atoms with Crippen molar-refractivity contribution in [3.8, 4) is 0 Å². The van der Waals surface area contributed by atoms with Crippen molar-refractivity contribution in [1.29, 1.82) is 0 Å². The number of piperidine rings is 1. The lowest BCUT2D eigenvalue weighted by atomic mass is 10.1. The number of anilines is 1. The number of nitrogens with zero attached hydrogens (tertiary/aromatic N) is 1. The molecule has 1 N–H and O–H groups in total. The highest BCUT2D eigenvalue weighted by molar-refractivity contribution is 6.46. The third-order valence-corrected chi connectivity index (χ3v) is 5.46. The molecular formula is C19H19Cl3N2O. The van der Waals surface area contributed by atoms with E-state index in [0.29, 0.717) is 10.7 Å². The van der Waals surface area contributed by atoms with Crippen LogP contribution in [-0.4, -0.2) is 23.9 Å². The molecule has 3 rings (SSSR count). The predicted molar refractivity (Wildman–Crippen MR) is 105 cm³/mol. The maximum Gasteiger partial charge on any atom is 0.258 e. The number of rotatable bonds is 4. The van der Waals surface area contributed by atoms with Gasteiger partial charge in [-0.3, -0.25) is 9.69 Å². The molecule has 1 amide bonds. The predicted octanol–water partition coefficient (Wildman–Crippen LogP) is 5.89. The standard InChI is InChI=1S/C19H19Cl3N2O/c20-15-8-9-16(21)18(22)17(15)19(25)23-14-6-4-13(5-7-14)12-24-10-2-1-3-11-24/h4-9H,1-3,10-12H2,(H,23,25). The van der Waals surface area contributed by atoms with Gasteiger partial charge in [0.2, 0.25) is 0 Å². The lowest BCUT2D eigenvalue weighted by molar-refractivity contribution is 0.102. The first-order chi connectivity index (χ1) is 12.0. The van der Waals surface area contributed by atoms with E-state index in [1.54, 1.807) is 12.1 Å². The summed E-state index contributed by atoms with van der Waals surface area (Å²) in [5.74, 6) is -0.374. The van der Waals surface area contributed by atoms with E-state index < -0.39 is 0 Å². The van der Waals surface area contributed by atoms with Gasteiger partial charge in [-0.15, -0.1) is 0 Å². The molecule has 0 aromatic heterocycles. The number of carbonyl (C=O) groups excluding carboxylic acids is 1. The van der Waals surface area contributed by atoms with Gasteiger partial charge in [-0.2, -0.15) is 0 Å². The van der Waals surface area contributed by atoms with Crippen LogP contribution in [0.5, 0.6) is 0 Å². The van der Waals surface area contributed by atoms with Crippen molar-refractivity contribution in [3.63, 3.8) is 0 Å². The third kappa shape index (κ3) is 4.68. The minimum Gasteiger partial charge on any atom is -0.322 e. The number of benzene rings is 2. The third-order valence-electron chi connectivity index (χ3n) is 4.34. The Morgan fingerprint density at radius 3 is 2.24 bits per heavy atom. The summed E-state index contributed by atoms with van der Waals surface area (Å²) in [6.07, 6.45) is 3.88. The molecule has 0 radical (unpaired) electrons. The van der Waals surface area contributed by atoms with E-state index in [-0.39, 0.29) is 21.5 Å². The Morgan fingerprint density at radius 1 is 0.920 bits per heavy atom. The summed E-state index contributed by atoms with van der Waals surface area (Å²) >= 11 is 18.2. The molecule has 1 fully saturated rings. The number of likely N-dealkylation sites (tertiary alicyclic amines) is 1. The molecule has 1 aliphatic rings. The summed E-state index contributed by atoms with van der Waals surface area (Å²) in [5, 5.41) is 3.55. The molecule has 1 aliphatic heterocycles. The summed E-state index contributed by atoms with van der Waals surface area (Å²) in [7, 11) is 0. The van der Waals surface area contributed by atoms with Gasteiger partial charge < -0.3 is 5.32 Å². The Morgan fingerprint density at radius 2 is 1.56 bits per heavy atom. The molecule has 25 heavy (non-hydrogen) atoms. The average Bonchev–Trinajstić information content (AvgIpc) is 2.61. The molecule has 0 unspecified atom stereocenters. The Hall–Kier alpha value is -1.26. The Kier molecular flexibility index (Phi) is 6.24. The second kappa shape index (κ2) is 8.41. The van der Waals surface area contributed by atoms with E-state index in [2.05, 4.69) is 10.2 Å². The SMILES string of the molecule is O=C(Nc1ccc(CN2CCCCC2)cc1)c1c(Cl)ccc(Cl)c1Cl. The molecule has 2 aromatic rings. The van der Waals surface area contributed by atoms with Crippen LogP contribution in [0.15, 0.2) is 36.4 Å². The monoisotopic (exact) mass is 396 g/mol.